The van der Waals surface area contributed by atoms with Crippen molar-refractivity contribution in [2.75, 3.05) is 0 Å². The molecule has 19 heavy (non-hydrogen) atoms. The first kappa shape index (κ1) is 15.1. The van der Waals surface area contributed by atoms with Crippen LogP contribution in [0.1, 0.15) is 69.9 Å². The van der Waals surface area contributed by atoms with E-state index in [9.17, 15) is 0 Å². The third-order valence-electron chi connectivity index (χ3n) is 4.20. The zero-order valence-corrected chi connectivity index (χ0v) is 13.6. The molecule has 1 aromatic rings. The van der Waals surface area contributed by atoms with E-state index in [-0.39, 0.29) is 0 Å². The van der Waals surface area contributed by atoms with Crippen LogP contribution in [0.3, 0.4) is 0 Å². The number of hydrogen-bond donors (Lipinski definition) is 1. The average molecular weight is 324 g/mol. The molecule has 0 aliphatic heterocycles. The first-order chi connectivity index (χ1) is 9.29. The van der Waals surface area contributed by atoms with Crippen molar-refractivity contribution in [3.63, 3.8) is 0 Å². The molecule has 2 rings (SSSR count). The average Bonchev–Trinajstić information content (AvgIpc) is 2.37. The third-order valence-corrected chi connectivity index (χ3v) is 4.69. The van der Waals surface area contributed by atoms with Crippen LogP contribution in [-0.4, -0.2) is 6.04 Å². The van der Waals surface area contributed by atoms with Gasteiger partial charge in [-0.05, 0) is 37.0 Å². The van der Waals surface area contributed by atoms with Crippen LogP contribution in [0.2, 0.25) is 0 Å². The van der Waals surface area contributed by atoms with E-state index in [0.717, 1.165) is 6.42 Å². The molecule has 0 spiro atoms. The summed E-state index contributed by atoms with van der Waals surface area (Å²) in [5.41, 5.74) is 1.42. The molecule has 1 atom stereocenters. The summed E-state index contributed by atoms with van der Waals surface area (Å²) < 4.78 is 1.18. The van der Waals surface area contributed by atoms with E-state index in [1.165, 1.54) is 55.0 Å². The normalized spacial score (nSPS) is 19.7. The quantitative estimate of drug-likeness (QED) is 0.760. The van der Waals surface area contributed by atoms with Crippen molar-refractivity contribution in [1.29, 1.82) is 0 Å². The van der Waals surface area contributed by atoms with Crippen molar-refractivity contribution in [2.45, 2.75) is 70.4 Å². The molecular weight excluding hydrogens is 298 g/mol. The molecule has 1 fully saturated rings. The smallest absolute Gasteiger partial charge is 0.0320 e. The van der Waals surface area contributed by atoms with Gasteiger partial charge in [0.05, 0.1) is 0 Å². The predicted octanol–water partition coefficient (Wildman–Crippen LogP) is 5.60. The van der Waals surface area contributed by atoms with Crippen molar-refractivity contribution < 1.29 is 0 Å². The monoisotopic (exact) mass is 323 g/mol. The van der Waals surface area contributed by atoms with Crippen molar-refractivity contribution in [3.05, 3.63) is 34.3 Å². The van der Waals surface area contributed by atoms with E-state index in [0.29, 0.717) is 12.1 Å². The van der Waals surface area contributed by atoms with Crippen molar-refractivity contribution in [3.8, 4) is 0 Å². The largest absolute Gasteiger partial charge is 0.307 e. The molecule has 0 heterocycles. The lowest BCUT2D eigenvalue weighted by Gasteiger charge is -2.27. The van der Waals surface area contributed by atoms with Gasteiger partial charge in [0.1, 0.15) is 0 Å². The Bertz CT molecular complexity index is 369. The molecule has 106 valence electrons. The Balaban J connectivity index is 1.97. The third kappa shape index (κ3) is 4.92. The first-order valence-corrected chi connectivity index (χ1v) is 8.60. The highest BCUT2D eigenvalue weighted by Gasteiger charge is 2.16. The molecule has 1 aromatic carbocycles. The minimum Gasteiger partial charge on any atom is -0.307 e. The van der Waals surface area contributed by atoms with Gasteiger partial charge in [0.15, 0.2) is 0 Å². The number of rotatable bonds is 4. The summed E-state index contributed by atoms with van der Waals surface area (Å²) in [4.78, 5) is 0. The molecule has 1 aliphatic carbocycles. The van der Waals surface area contributed by atoms with Crippen LogP contribution in [-0.2, 0) is 0 Å². The second kappa shape index (κ2) is 8.06. The number of halogens is 1. The van der Waals surface area contributed by atoms with E-state index >= 15 is 0 Å². The molecule has 0 radical (unpaired) electrons. The summed E-state index contributed by atoms with van der Waals surface area (Å²) in [6, 6.07) is 9.96. The second-order valence-electron chi connectivity index (χ2n) is 5.72. The van der Waals surface area contributed by atoms with Crippen LogP contribution in [0.25, 0.3) is 0 Å². The van der Waals surface area contributed by atoms with Crippen LogP contribution in [0, 0.1) is 0 Å². The highest BCUT2D eigenvalue weighted by atomic mass is 79.9. The van der Waals surface area contributed by atoms with Gasteiger partial charge in [0.25, 0.3) is 0 Å². The van der Waals surface area contributed by atoms with Gasteiger partial charge in [-0.15, -0.1) is 0 Å². The molecule has 1 nitrogen and oxygen atoms in total. The minimum absolute atomic E-state index is 0.502. The summed E-state index contributed by atoms with van der Waals surface area (Å²) in [5.74, 6) is 0. The Morgan fingerprint density at radius 3 is 2.47 bits per heavy atom. The molecule has 1 aliphatic rings. The molecule has 1 saturated carbocycles. The number of benzene rings is 1. The van der Waals surface area contributed by atoms with Gasteiger partial charge in [-0.2, -0.15) is 0 Å². The summed E-state index contributed by atoms with van der Waals surface area (Å²) >= 11 is 3.58. The van der Waals surface area contributed by atoms with Crippen LogP contribution in [0.4, 0.5) is 0 Å². The summed E-state index contributed by atoms with van der Waals surface area (Å²) in [6.45, 7) is 2.28. The second-order valence-corrected chi connectivity index (χ2v) is 6.64. The van der Waals surface area contributed by atoms with Crippen LogP contribution < -0.4 is 5.32 Å². The summed E-state index contributed by atoms with van der Waals surface area (Å²) in [7, 11) is 0. The fraction of sp³-hybridized carbons (Fsp3) is 0.647. The van der Waals surface area contributed by atoms with Gasteiger partial charge in [-0.25, -0.2) is 0 Å². The van der Waals surface area contributed by atoms with Crippen molar-refractivity contribution in [1.82, 2.24) is 5.32 Å². The van der Waals surface area contributed by atoms with Crippen molar-refractivity contribution in [2.24, 2.45) is 0 Å². The maximum absolute atomic E-state index is 3.90. The molecular formula is C17H26BrN. The highest BCUT2D eigenvalue weighted by molar-refractivity contribution is 9.10. The lowest BCUT2D eigenvalue weighted by molar-refractivity contribution is 0.349. The van der Waals surface area contributed by atoms with Gasteiger partial charge in [0, 0.05) is 16.6 Å². The molecule has 1 unspecified atom stereocenters. The fourth-order valence-electron chi connectivity index (χ4n) is 3.08. The lowest BCUT2D eigenvalue weighted by atomic mass is 9.94. The van der Waals surface area contributed by atoms with Crippen LogP contribution >= 0.6 is 15.9 Å². The number of nitrogens with one attached hydrogen (secondary N) is 1. The maximum Gasteiger partial charge on any atom is 0.0320 e. The molecule has 2 heteroatoms. The highest BCUT2D eigenvalue weighted by Crippen LogP contribution is 2.24. The van der Waals surface area contributed by atoms with Gasteiger partial charge >= 0.3 is 0 Å². The Morgan fingerprint density at radius 2 is 1.84 bits per heavy atom. The lowest BCUT2D eigenvalue weighted by Crippen LogP contribution is -2.33. The number of hydrogen-bond acceptors (Lipinski definition) is 1. The molecule has 0 bridgehead atoms. The molecule has 0 amide bonds. The maximum atomic E-state index is 3.90. The zero-order chi connectivity index (χ0) is 13.5. The zero-order valence-electron chi connectivity index (χ0n) is 12.0. The first-order valence-electron chi connectivity index (χ1n) is 7.81. The fourth-order valence-corrected chi connectivity index (χ4v) is 3.50. The van der Waals surface area contributed by atoms with Crippen LogP contribution in [0.15, 0.2) is 28.7 Å². The topological polar surface area (TPSA) is 12.0 Å². The summed E-state index contributed by atoms with van der Waals surface area (Å²) in [5, 5.41) is 3.90. The Morgan fingerprint density at radius 1 is 1.16 bits per heavy atom. The predicted molar refractivity (Wildman–Crippen MR) is 86.4 cm³/mol. The van der Waals surface area contributed by atoms with E-state index in [4.69, 9.17) is 0 Å². The van der Waals surface area contributed by atoms with Gasteiger partial charge in [-0.1, -0.05) is 67.1 Å². The van der Waals surface area contributed by atoms with E-state index in [2.05, 4.69) is 52.4 Å². The summed E-state index contributed by atoms with van der Waals surface area (Å²) in [6.07, 6.45) is 10.9. The standard InChI is InChI=1S/C17H26BrN/c1-2-17(14-9-8-10-15(18)13-14)19-16-11-6-4-3-5-7-12-16/h8-10,13,16-17,19H,2-7,11-12H2,1H3. The van der Waals surface area contributed by atoms with Gasteiger partial charge in [-0.3, -0.25) is 0 Å². The SMILES string of the molecule is CCC(NC1CCCCCCC1)c1cccc(Br)c1. The van der Waals surface area contributed by atoms with Crippen LogP contribution in [0.5, 0.6) is 0 Å². The van der Waals surface area contributed by atoms with Gasteiger partial charge in [0.2, 0.25) is 0 Å². The molecule has 1 N–H and O–H groups in total. The van der Waals surface area contributed by atoms with E-state index in [1.807, 2.05) is 0 Å². The van der Waals surface area contributed by atoms with E-state index < -0.39 is 0 Å². The molecule has 0 aromatic heterocycles. The Labute approximate surface area is 126 Å². The molecule has 0 saturated heterocycles. The minimum atomic E-state index is 0.502. The Kier molecular flexibility index (Phi) is 6.39. The van der Waals surface area contributed by atoms with E-state index in [1.54, 1.807) is 0 Å². The Hall–Kier alpha value is -0.340. The van der Waals surface area contributed by atoms with Gasteiger partial charge < -0.3 is 5.32 Å². The van der Waals surface area contributed by atoms with Crippen molar-refractivity contribution >= 4 is 15.9 Å².